The van der Waals surface area contributed by atoms with Crippen molar-refractivity contribution in [3.05, 3.63) is 46.0 Å². The number of benzene rings is 1. The van der Waals surface area contributed by atoms with E-state index in [1.807, 2.05) is 12.3 Å². The molecular weight excluding hydrogens is 283 g/mol. The number of fused-ring (bicyclic) bond motifs is 1. The second kappa shape index (κ2) is 4.71. The number of aryl methyl sites for hydroxylation is 1. The van der Waals surface area contributed by atoms with Crippen LogP contribution in [0.5, 0.6) is 0 Å². The first-order valence-electron chi connectivity index (χ1n) is 5.55. The predicted octanol–water partition coefficient (Wildman–Crippen LogP) is 4.06. The molecule has 1 N–H and O–H groups in total. The van der Waals surface area contributed by atoms with Crippen molar-refractivity contribution in [2.75, 3.05) is 5.32 Å². The van der Waals surface area contributed by atoms with Gasteiger partial charge >= 0.3 is 0 Å². The number of nitrogens with one attached hydrogen (secondary N) is 1. The summed E-state index contributed by atoms with van der Waals surface area (Å²) >= 11 is 2.64. The smallest absolute Gasteiger partial charge is 0.267 e. The number of amides is 1. The van der Waals surface area contributed by atoms with E-state index in [9.17, 15) is 9.18 Å². The third-order valence-corrected chi connectivity index (χ3v) is 4.55. The number of thiophene rings is 1. The molecule has 2 aromatic heterocycles. The number of rotatable bonds is 2. The number of nitrogens with zero attached hydrogens (tertiary/aromatic N) is 1. The van der Waals surface area contributed by atoms with E-state index in [0.29, 0.717) is 15.4 Å². The van der Waals surface area contributed by atoms with Gasteiger partial charge in [-0.3, -0.25) is 10.1 Å². The van der Waals surface area contributed by atoms with Gasteiger partial charge in [0.05, 0.1) is 10.6 Å². The van der Waals surface area contributed by atoms with Gasteiger partial charge in [-0.2, -0.15) is 0 Å². The molecule has 0 saturated heterocycles. The summed E-state index contributed by atoms with van der Waals surface area (Å²) in [5.74, 6) is -0.562. The number of carbonyl (C=O) groups excluding carboxylic acids is 1. The highest BCUT2D eigenvalue weighted by atomic mass is 32.1. The fourth-order valence-corrected chi connectivity index (χ4v) is 3.36. The zero-order chi connectivity index (χ0) is 13.4. The third-order valence-electron chi connectivity index (χ3n) is 2.57. The fraction of sp³-hybridized carbons (Fsp3) is 0.0769. The van der Waals surface area contributed by atoms with Crippen LogP contribution >= 0.6 is 22.7 Å². The Bertz CT molecular complexity index is 763. The van der Waals surface area contributed by atoms with Crippen LogP contribution in [0.1, 0.15) is 15.4 Å². The molecule has 0 bridgehead atoms. The zero-order valence-corrected chi connectivity index (χ0v) is 11.6. The van der Waals surface area contributed by atoms with Crippen LogP contribution in [0, 0.1) is 12.7 Å². The van der Waals surface area contributed by atoms with Gasteiger partial charge in [-0.15, -0.1) is 22.7 Å². The number of hydrogen-bond donors (Lipinski definition) is 1. The number of aromatic nitrogens is 1. The molecule has 1 aromatic carbocycles. The maximum atomic E-state index is 13.6. The van der Waals surface area contributed by atoms with Gasteiger partial charge in [0.15, 0.2) is 5.13 Å². The second-order valence-corrected chi connectivity index (χ2v) is 5.95. The number of carbonyl (C=O) groups is 1. The van der Waals surface area contributed by atoms with Gasteiger partial charge in [0.1, 0.15) is 5.82 Å². The van der Waals surface area contributed by atoms with Crippen molar-refractivity contribution in [3.63, 3.8) is 0 Å². The van der Waals surface area contributed by atoms with Gasteiger partial charge in [0, 0.05) is 15.5 Å². The van der Waals surface area contributed by atoms with Crippen molar-refractivity contribution >= 4 is 43.8 Å². The molecule has 0 saturated carbocycles. The van der Waals surface area contributed by atoms with E-state index in [1.54, 1.807) is 18.2 Å². The molecule has 6 heteroatoms. The standard InChI is InChI=1S/C13H9FN2OS2/c1-7-6-18-13(15-7)16-12(17)11-5-8-9(14)3-2-4-10(8)19-11/h2-6H,1H3,(H,15,16,17). The minimum atomic E-state index is -0.308. The number of halogens is 1. The van der Waals surface area contributed by atoms with Crippen LogP contribution in [0.25, 0.3) is 10.1 Å². The second-order valence-electron chi connectivity index (χ2n) is 4.01. The fourth-order valence-electron chi connectivity index (χ4n) is 1.71. The Balaban J connectivity index is 1.91. The molecule has 3 aromatic rings. The van der Waals surface area contributed by atoms with E-state index in [2.05, 4.69) is 10.3 Å². The quantitative estimate of drug-likeness (QED) is 0.774. The van der Waals surface area contributed by atoms with E-state index in [1.165, 1.54) is 28.7 Å². The van der Waals surface area contributed by atoms with Gasteiger partial charge in [0.2, 0.25) is 0 Å². The molecule has 0 aliphatic heterocycles. The van der Waals surface area contributed by atoms with Gasteiger partial charge in [-0.25, -0.2) is 9.37 Å². The average molecular weight is 292 g/mol. The number of hydrogen-bond acceptors (Lipinski definition) is 4. The summed E-state index contributed by atoms with van der Waals surface area (Å²) in [4.78, 5) is 16.7. The molecule has 0 aliphatic carbocycles. The largest absolute Gasteiger partial charge is 0.297 e. The molecular formula is C13H9FN2OS2. The molecule has 2 heterocycles. The molecule has 0 atom stereocenters. The Morgan fingerprint density at radius 1 is 1.42 bits per heavy atom. The lowest BCUT2D eigenvalue weighted by Crippen LogP contribution is -2.09. The molecule has 96 valence electrons. The van der Waals surface area contributed by atoms with Crippen molar-refractivity contribution in [1.29, 1.82) is 0 Å². The van der Waals surface area contributed by atoms with Crippen molar-refractivity contribution in [1.82, 2.24) is 4.98 Å². The van der Waals surface area contributed by atoms with Crippen LogP contribution < -0.4 is 5.32 Å². The summed E-state index contributed by atoms with van der Waals surface area (Å²) in [6, 6.07) is 6.40. The van der Waals surface area contributed by atoms with Gasteiger partial charge in [-0.05, 0) is 25.1 Å². The summed E-state index contributed by atoms with van der Waals surface area (Å²) in [5.41, 5.74) is 0.864. The molecule has 0 fully saturated rings. The lowest BCUT2D eigenvalue weighted by molar-refractivity contribution is 0.103. The summed E-state index contributed by atoms with van der Waals surface area (Å²) in [5, 5.41) is 5.61. The van der Waals surface area contributed by atoms with Crippen LogP contribution in [0.2, 0.25) is 0 Å². The Kier molecular flexibility index (Phi) is 3.04. The van der Waals surface area contributed by atoms with E-state index in [-0.39, 0.29) is 11.7 Å². The monoisotopic (exact) mass is 292 g/mol. The number of anilines is 1. The number of thiazole rings is 1. The van der Waals surface area contributed by atoms with E-state index >= 15 is 0 Å². The third kappa shape index (κ3) is 2.36. The zero-order valence-electron chi connectivity index (χ0n) is 9.94. The van der Waals surface area contributed by atoms with Gasteiger partial charge in [0.25, 0.3) is 5.91 Å². The van der Waals surface area contributed by atoms with E-state index in [4.69, 9.17) is 0 Å². The van der Waals surface area contributed by atoms with Crippen molar-refractivity contribution in [3.8, 4) is 0 Å². The molecule has 3 nitrogen and oxygen atoms in total. The molecule has 3 rings (SSSR count). The Labute approximate surface area is 116 Å². The Hall–Kier alpha value is -1.79. The lowest BCUT2D eigenvalue weighted by atomic mass is 10.2. The van der Waals surface area contributed by atoms with E-state index in [0.717, 1.165) is 10.4 Å². The first kappa shape index (κ1) is 12.3. The molecule has 0 spiro atoms. The normalized spacial score (nSPS) is 10.8. The summed E-state index contributed by atoms with van der Waals surface area (Å²) in [6.45, 7) is 1.86. The van der Waals surface area contributed by atoms with E-state index < -0.39 is 0 Å². The molecule has 0 aliphatic rings. The van der Waals surface area contributed by atoms with Crippen LogP contribution in [0.4, 0.5) is 9.52 Å². The maximum Gasteiger partial charge on any atom is 0.267 e. The first-order valence-corrected chi connectivity index (χ1v) is 7.24. The van der Waals surface area contributed by atoms with Crippen LogP contribution in [-0.2, 0) is 0 Å². The maximum absolute atomic E-state index is 13.6. The van der Waals surface area contributed by atoms with Crippen LogP contribution in [0.3, 0.4) is 0 Å². The van der Waals surface area contributed by atoms with Gasteiger partial charge < -0.3 is 0 Å². The Morgan fingerprint density at radius 2 is 2.26 bits per heavy atom. The predicted molar refractivity (Wildman–Crippen MR) is 76.6 cm³/mol. The lowest BCUT2D eigenvalue weighted by Gasteiger charge is -1.97. The van der Waals surface area contributed by atoms with Crippen molar-refractivity contribution < 1.29 is 9.18 Å². The van der Waals surface area contributed by atoms with Crippen LogP contribution in [0.15, 0.2) is 29.6 Å². The highest BCUT2D eigenvalue weighted by Crippen LogP contribution is 2.28. The molecule has 0 unspecified atom stereocenters. The first-order chi connectivity index (χ1) is 9.13. The highest BCUT2D eigenvalue weighted by Gasteiger charge is 2.13. The Morgan fingerprint density at radius 3 is 2.95 bits per heavy atom. The minimum absolute atomic E-state index is 0.255. The minimum Gasteiger partial charge on any atom is -0.297 e. The highest BCUT2D eigenvalue weighted by molar-refractivity contribution is 7.21. The summed E-state index contributed by atoms with van der Waals surface area (Å²) in [7, 11) is 0. The molecule has 0 radical (unpaired) electrons. The van der Waals surface area contributed by atoms with Gasteiger partial charge in [-0.1, -0.05) is 6.07 Å². The summed E-state index contributed by atoms with van der Waals surface area (Å²) in [6.07, 6.45) is 0. The van der Waals surface area contributed by atoms with Crippen LogP contribution in [-0.4, -0.2) is 10.9 Å². The topological polar surface area (TPSA) is 42.0 Å². The SMILES string of the molecule is Cc1csc(NC(=O)c2cc3c(F)cccc3s2)n1. The average Bonchev–Trinajstić information content (AvgIpc) is 2.96. The van der Waals surface area contributed by atoms with Crippen molar-refractivity contribution in [2.24, 2.45) is 0 Å². The summed E-state index contributed by atoms with van der Waals surface area (Å²) < 4.78 is 14.3. The molecule has 1 amide bonds. The molecule has 19 heavy (non-hydrogen) atoms. The van der Waals surface area contributed by atoms with Crippen molar-refractivity contribution in [2.45, 2.75) is 6.92 Å².